The van der Waals surface area contributed by atoms with Crippen molar-refractivity contribution in [2.45, 2.75) is 12.7 Å². The van der Waals surface area contributed by atoms with Gasteiger partial charge in [0.15, 0.2) is 17.0 Å². The van der Waals surface area contributed by atoms with Crippen molar-refractivity contribution >= 4 is 40.2 Å². The van der Waals surface area contributed by atoms with Gasteiger partial charge in [-0.3, -0.25) is 0 Å². The van der Waals surface area contributed by atoms with Gasteiger partial charge in [-0.15, -0.1) is 0 Å². The summed E-state index contributed by atoms with van der Waals surface area (Å²) in [6.45, 7) is 0.245. The van der Waals surface area contributed by atoms with Crippen molar-refractivity contribution in [2.24, 2.45) is 0 Å². The summed E-state index contributed by atoms with van der Waals surface area (Å²) in [6, 6.07) is 5.01. The number of aromatic nitrogens is 4. The highest BCUT2D eigenvalue weighted by Crippen LogP contribution is 2.31. The van der Waals surface area contributed by atoms with Crippen molar-refractivity contribution in [3.8, 4) is 0 Å². The predicted octanol–water partition coefficient (Wildman–Crippen LogP) is 4.27. The van der Waals surface area contributed by atoms with Gasteiger partial charge in [0, 0.05) is 14.1 Å². The number of nitrogens with zero attached hydrogens (tertiary/aromatic N) is 5. The molecular weight excluding hydrogens is 378 g/mol. The number of hydrogen-bond acceptors (Lipinski definition) is 4. The molecule has 0 atom stereocenters. The first-order chi connectivity index (χ1) is 11.7. The molecule has 2 heterocycles. The van der Waals surface area contributed by atoms with Gasteiger partial charge in [0.05, 0.1) is 22.9 Å². The lowest BCUT2D eigenvalue weighted by Crippen LogP contribution is -2.18. The van der Waals surface area contributed by atoms with Gasteiger partial charge < -0.3 is 9.47 Å². The van der Waals surface area contributed by atoms with Crippen molar-refractivity contribution in [3.63, 3.8) is 0 Å². The first-order valence-corrected chi connectivity index (χ1v) is 7.83. The SMILES string of the molecule is CN(C)c1nc(C(F)(F)F)nc2c1ncn2Cc1ccc(Cl)c(Cl)c1. The van der Waals surface area contributed by atoms with Crippen molar-refractivity contribution in [3.05, 3.63) is 46.0 Å². The Balaban J connectivity index is 2.13. The molecule has 0 fully saturated rings. The van der Waals surface area contributed by atoms with E-state index in [4.69, 9.17) is 23.2 Å². The summed E-state index contributed by atoms with van der Waals surface area (Å²) in [5.74, 6) is -1.11. The van der Waals surface area contributed by atoms with E-state index in [1.54, 1.807) is 32.3 Å². The molecule has 25 heavy (non-hydrogen) atoms. The number of alkyl halides is 3. The molecule has 5 nitrogen and oxygen atoms in total. The van der Waals surface area contributed by atoms with Crippen LogP contribution in [0.2, 0.25) is 10.0 Å². The summed E-state index contributed by atoms with van der Waals surface area (Å²) in [5.41, 5.74) is 1.14. The van der Waals surface area contributed by atoms with E-state index in [0.717, 1.165) is 5.56 Å². The van der Waals surface area contributed by atoms with E-state index >= 15 is 0 Å². The van der Waals surface area contributed by atoms with E-state index in [9.17, 15) is 13.2 Å². The molecule has 3 aromatic rings. The topological polar surface area (TPSA) is 46.8 Å². The Bertz CT molecular complexity index is 937. The number of hydrogen-bond donors (Lipinski definition) is 0. The highest BCUT2D eigenvalue weighted by molar-refractivity contribution is 6.42. The second-order valence-electron chi connectivity index (χ2n) is 5.56. The second-order valence-corrected chi connectivity index (χ2v) is 6.37. The van der Waals surface area contributed by atoms with Crippen LogP contribution in [0.15, 0.2) is 24.5 Å². The lowest BCUT2D eigenvalue weighted by molar-refractivity contribution is -0.144. The second kappa shape index (κ2) is 6.34. The Kier molecular flexibility index (Phi) is 4.51. The van der Waals surface area contributed by atoms with E-state index in [0.29, 0.717) is 10.0 Å². The fourth-order valence-electron chi connectivity index (χ4n) is 2.32. The Morgan fingerprint density at radius 1 is 1.12 bits per heavy atom. The Hall–Kier alpha value is -2.06. The summed E-state index contributed by atoms with van der Waals surface area (Å²) in [6.07, 6.45) is -3.23. The van der Waals surface area contributed by atoms with E-state index in [1.807, 2.05) is 0 Å². The number of fused-ring (bicyclic) bond motifs is 1. The molecule has 0 spiro atoms. The van der Waals surface area contributed by atoms with Crippen molar-refractivity contribution in [2.75, 3.05) is 19.0 Å². The van der Waals surface area contributed by atoms with Crippen LogP contribution in [0.5, 0.6) is 0 Å². The van der Waals surface area contributed by atoms with Gasteiger partial charge in [0.25, 0.3) is 0 Å². The zero-order valence-corrected chi connectivity index (χ0v) is 14.7. The summed E-state index contributed by atoms with van der Waals surface area (Å²) in [5, 5.41) is 0.764. The number of benzene rings is 1. The Morgan fingerprint density at radius 3 is 2.44 bits per heavy atom. The van der Waals surface area contributed by atoms with Crippen LogP contribution in [-0.2, 0) is 12.7 Å². The zero-order valence-electron chi connectivity index (χ0n) is 13.1. The zero-order chi connectivity index (χ0) is 18.4. The summed E-state index contributed by atoms with van der Waals surface area (Å²) in [7, 11) is 3.19. The van der Waals surface area contributed by atoms with E-state index in [-0.39, 0.29) is 23.5 Å². The van der Waals surface area contributed by atoms with Crippen LogP contribution in [0.4, 0.5) is 19.0 Å². The van der Waals surface area contributed by atoms with Gasteiger partial charge in [-0.2, -0.15) is 13.2 Å². The molecule has 0 saturated carbocycles. The molecule has 0 aliphatic carbocycles. The molecule has 2 aromatic heterocycles. The van der Waals surface area contributed by atoms with Crippen molar-refractivity contribution < 1.29 is 13.2 Å². The van der Waals surface area contributed by atoms with Gasteiger partial charge in [-0.05, 0) is 17.7 Å². The van der Waals surface area contributed by atoms with Crippen molar-refractivity contribution in [1.82, 2.24) is 19.5 Å². The summed E-state index contributed by atoms with van der Waals surface area (Å²) in [4.78, 5) is 12.9. The number of imidazole rings is 1. The molecule has 0 saturated heterocycles. The van der Waals surface area contributed by atoms with Crippen molar-refractivity contribution in [1.29, 1.82) is 0 Å². The Morgan fingerprint density at radius 2 is 1.84 bits per heavy atom. The third kappa shape index (κ3) is 3.50. The van der Waals surface area contributed by atoms with E-state index < -0.39 is 12.0 Å². The smallest absolute Gasteiger partial charge is 0.361 e. The minimum Gasteiger partial charge on any atom is -0.361 e. The quantitative estimate of drug-likeness (QED) is 0.671. The molecule has 0 radical (unpaired) electrons. The van der Waals surface area contributed by atoms with Crippen LogP contribution >= 0.6 is 23.2 Å². The van der Waals surface area contributed by atoms with E-state index in [2.05, 4.69) is 15.0 Å². The maximum atomic E-state index is 13.1. The number of halogens is 5. The Labute approximate surface area is 151 Å². The molecule has 1 aromatic carbocycles. The molecule has 0 aliphatic rings. The molecule has 132 valence electrons. The lowest BCUT2D eigenvalue weighted by atomic mass is 10.2. The highest BCUT2D eigenvalue weighted by atomic mass is 35.5. The van der Waals surface area contributed by atoms with Gasteiger partial charge in [-0.25, -0.2) is 15.0 Å². The molecule has 0 amide bonds. The maximum Gasteiger partial charge on any atom is 0.451 e. The van der Waals surface area contributed by atoms with Gasteiger partial charge in [-0.1, -0.05) is 29.3 Å². The third-order valence-electron chi connectivity index (χ3n) is 3.46. The molecule has 0 aliphatic heterocycles. The van der Waals surface area contributed by atoms with Crippen LogP contribution in [0, 0.1) is 0 Å². The fraction of sp³-hybridized carbons (Fsp3) is 0.267. The monoisotopic (exact) mass is 389 g/mol. The molecule has 0 N–H and O–H groups in total. The minimum atomic E-state index is -4.66. The average Bonchev–Trinajstić information content (AvgIpc) is 2.92. The standard InChI is InChI=1S/C15H12Cl2F3N5/c1-24(2)12-11-13(23-14(22-12)15(18,19)20)25(7-21-11)6-8-3-4-9(16)10(17)5-8/h3-5,7H,6H2,1-2H3. The molecule has 0 unspecified atom stereocenters. The molecule has 3 rings (SSSR count). The van der Waals surface area contributed by atoms with E-state index in [1.165, 1.54) is 15.8 Å². The van der Waals surface area contributed by atoms with Crippen LogP contribution in [0.3, 0.4) is 0 Å². The minimum absolute atomic E-state index is 0.0945. The van der Waals surface area contributed by atoms with Gasteiger partial charge in [0.1, 0.15) is 0 Å². The van der Waals surface area contributed by atoms with Crippen LogP contribution < -0.4 is 4.90 Å². The van der Waals surface area contributed by atoms with Gasteiger partial charge in [0.2, 0.25) is 5.82 Å². The normalized spacial score (nSPS) is 12.0. The van der Waals surface area contributed by atoms with Gasteiger partial charge >= 0.3 is 6.18 Å². The highest BCUT2D eigenvalue weighted by Gasteiger charge is 2.36. The van der Waals surface area contributed by atoms with Crippen LogP contribution in [0.1, 0.15) is 11.4 Å². The van der Waals surface area contributed by atoms with Crippen LogP contribution in [-0.4, -0.2) is 33.6 Å². The average molecular weight is 390 g/mol. The maximum absolute atomic E-state index is 13.1. The fourth-order valence-corrected chi connectivity index (χ4v) is 2.64. The largest absolute Gasteiger partial charge is 0.451 e. The third-order valence-corrected chi connectivity index (χ3v) is 4.20. The number of anilines is 1. The molecule has 10 heteroatoms. The van der Waals surface area contributed by atoms with Crippen LogP contribution in [0.25, 0.3) is 11.2 Å². The lowest BCUT2D eigenvalue weighted by Gasteiger charge is -2.14. The summed E-state index contributed by atoms with van der Waals surface area (Å²) >= 11 is 11.9. The number of rotatable bonds is 3. The summed E-state index contributed by atoms with van der Waals surface area (Å²) < 4.78 is 40.9. The first kappa shape index (κ1) is 17.8. The first-order valence-electron chi connectivity index (χ1n) is 7.08. The predicted molar refractivity (Wildman–Crippen MR) is 90.2 cm³/mol. The molecular formula is C15H12Cl2F3N5. The molecule has 0 bridgehead atoms.